The molecule has 0 fully saturated rings. The number of halogens is 3. The molecular weight excluding hydrogens is 342 g/mol. The average Bonchev–Trinajstić information content (AvgIpc) is 2.46. The van der Waals surface area contributed by atoms with Gasteiger partial charge < -0.3 is 10.1 Å². The molecule has 0 amide bonds. The highest BCUT2D eigenvalue weighted by Gasteiger charge is 2.09. The second-order valence-electron chi connectivity index (χ2n) is 4.52. The van der Waals surface area contributed by atoms with Crippen molar-refractivity contribution in [2.24, 2.45) is 0 Å². The van der Waals surface area contributed by atoms with E-state index in [9.17, 15) is 8.78 Å². The maximum atomic E-state index is 12.2. The molecule has 112 valence electrons. The Morgan fingerprint density at radius 2 is 2.10 bits per heavy atom. The fourth-order valence-corrected chi connectivity index (χ4v) is 2.08. The summed E-state index contributed by atoms with van der Waals surface area (Å²) in [5.41, 5.74) is 1.79. The van der Waals surface area contributed by atoms with Crippen LogP contribution in [0.4, 0.5) is 8.78 Å². The molecule has 3 nitrogen and oxygen atoms in total. The van der Waals surface area contributed by atoms with Gasteiger partial charge in [-0.1, -0.05) is 12.1 Å². The molecule has 0 saturated heterocycles. The van der Waals surface area contributed by atoms with E-state index in [1.165, 1.54) is 6.07 Å². The summed E-state index contributed by atoms with van der Waals surface area (Å²) in [5, 5.41) is 3.29. The number of pyridine rings is 1. The zero-order valence-electron chi connectivity index (χ0n) is 11.4. The van der Waals surface area contributed by atoms with Crippen LogP contribution in [0.25, 0.3) is 0 Å². The van der Waals surface area contributed by atoms with Crippen molar-refractivity contribution in [1.29, 1.82) is 0 Å². The lowest BCUT2D eigenvalue weighted by Crippen LogP contribution is -2.18. The molecule has 6 heteroatoms. The van der Waals surface area contributed by atoms with Crippen molar-refractivity contribution in [2.75, 3.05) is 0 Å². The minimum Gasteiger partial charge on any atom is -0.435 e. The Morgan fingerprint density at radius 3 is 2.76 bits per heavy atom. The topological polar surface area (TPSA) is 34.2 Å². The molecule has 0 aliphatic heterocycles. The number of benzene rings is 1. The summed E-state index contributed by atoms with van der Waals surface area (Å²) in [4.78, 5) is 4.27. The van der Waals surface area contributed by atoms with Gasteiger partial charge >= 0.3 is 6.61 Å². The summed E-state index contributed by atoms with van der Waals surface area (Å²) < 4.78 is 29.7. The standard InChI is InChI=1S/C15H15BrF2N2O/c1-10(19-9-13-6-5-12(16)8-20-13)11-3-2-4-14(7-11)21-15(17)18/h2-8,10,15,19H,9H2,1H3. The van der Waals surface area contributed by atoms with Crippen LogP contribution in [0, 0.1) is 0 Å². The van der Waals surface area contributed by atoms with Crippen LogP contribution >= 0.6 is 15.9 Å². The van der Waals surface area contributed by atoms with Gasteiger partial charge in [0.2, 0.25) is 0 Å². The van der Waals surface area contributed by atoms with Crippen molar-refractivity contribution in [3.63, 3.8) is 0 Å². The van der Waals surface area contributed by atoms with Gasteiger partial charge in [0, 0.05) is 23.3 Å². The number of nitrogens with zero attached hydrogens (tertiary/aromatic N) is 1. The molecule has 0 aliphatic carbocycles. The van der Waals surface area contributed by atoms with E-state index in [2.05, 4.69) is 31.0 Å². The summed E-state index contributed by atoms with van der Waals surface area (Å²) in [6, 6.07) is 10.5. The smallest absolute Gasteiger partial charge is 0.387 e. The van der Waals surface area contributed by atoms with Crippen molar-refractivity contribution < 1.29 is 13.5 Å². The van der Waals surface area contributed by atoms with Crippen LogP contribution in [-0.2, 0) is 6.54 Å². The van der Waals surface area contributed by atoms with Gasteiger partial charge in [-0.15, -0.1) is 0 Å². The Bertz CT molecular complexity index is 578. The third kappa shape index (κ3) is 5.06. The SMILES string of the molecule is CC(NCc1ccc(Br)cn1)c1cccc(OC(F)F)c1. The van der Waals surface area contributed by atoms with Crippen molar-refractivity contribution in [2.45, 2.75) is 26.1 Å². The maximum absolute atomic E-state index is 12.2. The molecule has 2 aromatic rings. The number of nitrogens with one attached hydrogen (secondary N) is 1. The van der Waals surface area contributed by atoms with Gasteiger partial charge in [0.25, 0.3) is 0 Å². The molecule has 1 atom stereocenters. The second-order valence-corrected chi connectivity index (χ2v) is 5.44. The summed E-state index contributed by atoms with van der Waals surface area (Å²) in [7, 11) is 0. The quantitative estimate of drug-likeness (QED) is 0.837. The van der Waals surface area contributed by atoms with Crippen molar-refractivity contribution in [3.05, 3.63) is 58.3 Å². The van der Waals surface area contributed by atoms with Crippen molar-refractivity contribution in [1.82, 2.24) is 10.3 Å². The molecule has 1 N–H and O–H groups in total. The first kappa shape index (κ1) is 15.9. The van der Waals surface area contributed by atoms with E-state index in [1.54, 1.807) is 18.3 Å². The van der Waals surface area contributed by atoms with Gasteiger partial charge in [-0.25, -0.2) is 0 Å². The van der Waals surface area contributed by atoms with E-state index in [1.807, 2.05) is 25.1 Å². The van der Waals surface area contributed by atoms with E-state index in [-0.39, 0.29) is 11.8 Å². The van der Waals surface area contributed by atoms with Gasteiger partial charge in [0.05, 0.1) is 5.69 Å². The number of alkyl halides is 2. The number of ether oxygens (including phenoxy) is 1. The second kappa shape index (κ2) is 7.47. The minimum absolute atomic E-state index is 0.00308. The number of hydrogen-bond acceptors (Lipinski definition) is 3. The van der Waals surface area contributed by atoms with E-state index in [4.69, 9.17) is 0 Å². The zero-order valence-corrected chi connectivity index (χ0v) is 13.0. The van der Waals surface area contributed by atoms with Crippen LogP contribution in [0.5, 0.6) is 5.75 Å². The van der Waals surface area contributed by atoms with Gasteiger partial charge in [-0.3, -0.25) is 4.98 Å². The lowest BCUT2D eigenvalue weighted by molar-refractivity contribution is -0.0499. The predicted octanol–water partition coefficient (Wildman–Crippen LogP) is 4.30. The first-order valence-electron chi connectivity index (χ1n) is 6.43. The van der Waals surface area contributed by atoms with Crippen LogP contribution in [0.3, 0.4) is 0 Å². The van der Waals surface area contributed by atoms with Gasteiger partial charge in [0.15, 0.2) is 0 Å². The average molecular weight is 357 g/mol. The molecule has 1 aromatic carbocycles. The van der Waals surface area contributed by atoms with E-state index in [0.717, 1.165) is 15.7 Å². The molecular formula is C15H15BrF2N2O. The van der Waals surface area contributed by atoms with Crippen LogP contribution in [-0.4, -0.2) is 11.6 Å². The Morgan fingerprint density at radius 1 is 1.29 bits per heavy atom. The molecule has 0 saturated carbocycles. The molecule has 1 heterocycles. The van der Waals surface area contributed by atoms with Gasteiger partial charge in [0.1, 0.15) is 5.75 Å². The minimum atomic E-state index is -2.81. The van der Waals surface area contributed by atoms with Crippen LogP contribution in [0.15, 0.2) is 47.1 Å². The van der Waals surface area contributed by atoms with Crippen molar-refractivity contribution >= 4 is 15.9 Å². The molecule has 21 heavy (non-hydrogen) atoms. The first-order chi connectivity index (χ1) is 10.0. The van der Waals surface area contributed by atoms with Crippen LogP contribution < -0.4 is 10.1 Å². The van der Waals surface area contributed by atoms with E-state index < -0.39 is 6.61 Å². The first-order valence-corrected chi connectivity index (χ1v) is 7.22. The molecule has 1 aromatic heterocycles. The molecule has 0 spiro atoms. The van der Waals surface area contributed by atoms with Crippen molar-refractivity contribution in [3.8, 4) is 5.75 Å². The Kier molecular flexibility index (Phi) is 5.64. The van der Waals surface area contributed by atoms with Crippen LogP contribution in [0.2, 0.25) is 0 Å². The summed E-state index contributed by atoms with van der Waals surface area (Å²) in [5.74, 6) is 0.165. The Labute approximate surface area is 130 Å². The zero-order chi connectivity index (χ0) is 15.2. The summed E-state index contributed by atoms with van der Waals surface area (Å²) >= 11 is 3.33. The highest BCUT2D eigenvalue weighted by Crippen LogP contribution is 2.21. The maximum Gasteiger partial charge on any atom is 0.387 e. The van der Waals surface area contributed by atoms with E-state index >= 15 is 0 Å². The molecule has 1 unspecified atom stereocenters. The monoisotopic (exact) mass is 356 g/mol. The number of aromatic nitrogens is 1. The Hall–Kier alpha value is -1.53. The Balaban J connectivity index is 1.96. The number of hydrogen-bond donors (Lipinski definition) is 1. The highest BCUT2D eigenvalue weighted by atomic mass is 79.9. The lowest BCUT2D eigenvalue weighted by Gasteiger charge is -2.15. The fraction of sp³-hybridized carbons (Fsp3) is 0.267. The third-order valence-corrected chi connectivity index (χ3v) is 3.43. The normalized spacial score (nSPS) is 12.4. The largest absolute Gasteiger partial charge is 0.435 e. The third-order valence-electron chi connectivity index (χ3n) is 2.96. The summed E-state index contributed by atoms with van der Waals surface area (Å²) in [6.07, 6.45) is 1.73. The molecule has 0 aliphatic rings. The summed E-state index contributed by atoms with van der Waals surface area (Å²) in [6.45, 7) is -0.259. The fourth-order valence-electron chi connectivity index (χ4n) is 1.85. The number of rotatable bonds is 6. The van der Waals surface area contributed by atoms with Gasteiger partial charge in [-0.2, -0.15) is 8.78 Å². The van der Waals surface area contributed by atoms with Gasteiger partial charge in [-0.05, 0) is 52.7 Å². The lowest BCUT2D eigenvalue weighted by atomic mass is 10.1. The molecule has 0 radical (unpaired) electrons. The molecule has 2 rings (SSSR count). The van der Waals surface area contributed by atoms with E-state index in [0.29, 0.717) is 6.54 Å². The highest BCUT2D eigenvalue weighted by molar-refractivity contribution is 9.10. The predicted molar refractivity (Wildman–Crippen MR) is 80.3 cm³/mol. The molecule has 0 bridgehead atoms. The van der Waals surface area contributed by atoms with Crippen LogP contribution in [0.1, 0.15) is 24.2 Å².